The number of carboxylic acids is 1. The Labute approximate surface area is 219 Å². The van der Waals surface area contributed by atoms with Crippen molar-refractivity contribution >= 4 is 23.5 Å². The largest absolute Gasteiger partial charge is 0.497 e. The van der Waals surface area contributed by atoms with Crippen LogP contribution in [0.4, 0.5) is 10.5 Å². The van der Waals surface area contributed by atoms with Crippen molar-refractivity contribution in [3.63, 3.8) is 0 Å². The van der Waals surface area contributed by atoms with E-state index in [-0.39, 0.29) is 24.6 Å². The Morgan fingerprint density at radius 3 is 2.26 bits per heavy atom. The highest BCUT2D eigenvalue weighted by atomic mass is 16.5. The predicted octanol–water partition coefficient (Wildman–Crippen LogP) is 4.21. The van der Waals surface area contributed by atoms with E-state index < -0.39 is 18.0 Å². The van der Waals surface area contributed by atoms with E-state index in [4.69, 9.17) is 4.74 Å². The minimum Gasteiger partial charge on any atom is -0.497 e. The van der Waals surface area contributed by atoms with E-state index in [9.17, 15) is 19.5 Å². The van der Waals surface area contributed by atoms with E-state index >= 15 is 0 Å². The third-order valence-electron chi connectivity index (χ3n) is 6.55. The molecular weight excluding hydrogens is 484 g/mol. The van der Waals surface area contributed by atoms with E-state index in [1.807, 2.05) is 36.4 Å². The number of methoxy groups -OCH3 is 1. The molecule has 0 aliphatic carbocycles. The monoisotopic (exact) mass is 510 g/mol. The Balaban J connectivity index is 1.55. The number of aliphatic carboxylic acids is 1. The van der Waals surface area contributed by atoms with Crippen molar-refractivity contribution in [2.24, 2.45) is 0 Å². The smallest absolute Gasteiger partial charge is 0.326 e. The molecular formula is C29H26N4O5. The van der Waals surface area contributed by atoms with Crippen LogP contribution in [-0.4, -0.2) is 50.5 Å². The van der Waals surface area contributed by atoms with Gasteiger partial charge in [-0.15, -0.1) is 0 Å². The van der Waals surface area contributed by atoms with E-state index in [2.05, 4.69) is 10.3 Å². The molecule has 4 aromatic rings. The number of carbonyl (C=O) groups excluding carboxylic acids is 2. The van der Waals surface area contributed by atoms with Crippen LogP contribution >= 0.6 is 0 Å². The number of para-hydroxylation sites is 1. The fourth-order valence-electron chi connectivity index (χ4n) is 4.57. The van der Waals surface area contributed by atoms with Gasteiger partial charge in [-0.2, -0.15) is 0 Å². The normalized spacial score (nSPS) is 14.4. The van der Waals surface area contributed by atoms with Gasteiger partial charge in [-0.1, -0.05) is 48.5 Å². The number of aromatic nitrogens is 2. The number of fused-ring (bicyclic) bond motifs is 1. The molecule has 0 radical (unpaired) electrons. The number of benzene rings is 3. The van der Waals surface area contributed by atoms with Crippen LogP contribution in [0.1, 0.15) is 33.1 Å². The molecule has 9 nitrogen and oxygen atoms in total. The summed E-state index contributed by atoms with van der Waals surface area (Å²) in [7, 11) is 1.55. The summed E-state index contributed by atoms with van der Waals surface area (Å²) in [6, 6.07) is 23.5. The number of nitrogens with one attached hydrogen (secondary N) is 1. The second-order valence-corrected chi connectivity index (χ2v) is 8.94. The van der Waals surface area contributed by atoms with Crippen LogP contribution in [0.5, 0.6) is 5.75 Å². The van der Waals surface area contributed by atoms with Crippen LogP contribution in [0.15, 0.2) is 84.9 Å². The standard InChI is InChI=1S/C29H26N4O5/c1-38-22-14-12-20(13-15-22)26(34)27-31-23-16-24(28(35)36)33(29(37)30-21-10-6-3-7-11-21)18-25(23)32(27)17-19-8-4-2-5-9-19/h2-15,24H,16-18H2,1H3,(H,30,37)(H,35,36). The van der Waals surface area contributed by atoms with Crippen molar-refractivity contribution < 1.29 is 24.2 Å². The van der Waals surface area contributed by atoms with E-state index in [1.54, 1.807) is 60.2 Å². The predicted molar refractivity (Wildman–Crippen MR) is 140 cm³/mol. The van der Waals surface area contributed by atoms with Gasteiger partial charge in [0, 0.05) is 24.2 Å². The van der Waals surface area contributed by atoms with Gasteiger partial charge in [-0.25, -0.2) is 14.6 Å². The number of imidazole rings is 1. The number of nitrogens with zero attached hydrogens (tertiary/aromatic N) is 3. The molecule has 0 fully saturated rings. The lowest BCUT2D eigenvalue weighted by atomic mass is 10.0. The molecule has 1 unspecified atom stereocenters. The highest BCUT2D eigenvalue weighted by Crippen LogP contribution is 2.28. The van der Waals surface area contributed by atoms with Gasteiger partial charge >= 0.3 is 12.0 Å². The van der Waals surface area contributed by atoms with Gasteiger partial charge in [0.1, 0.15) is 11.8 Å². The molecule has 0 saturated carbocycles. The van der Waals surface area contributed by atoms with Crippen LogP contribution in [0.2, 0.25) is 0 Å². The number of carboxylic acid groups (broad SMARTS) is 1. The number of hydrogen-bond acceptors (Lipinski definition) is 5. The van der Waals surface area contributed by atoms with Crippen molar-refractivity contribution in [1.82, 2.24) is 14.5 Å². The van der Waals surface area contributed by atoms with Crippen molar-refractivity contribution in [2.75, 3.05) is 12.4 Å². The molecule has 1 aromatic heterocycles. The summed E-state index contributed by atoms with van der Waals surface area (Å²) in [5, 5.41) is 12.7. The summed E-state index contributed by atoms with van der Waals surface area (Å²) in [6.07, 6.45) is -0.0163. The molecule has 38 heavy (non-hydrogen) atoms. The summed E-state index contributed by atoms with van der Waals surface area (Å²) < 4.78 is 6.99. The van der Waals surface area contributed by atoms with Gasteiger partial charge in [-0.3, -0.25) is 4.79 Å². The molecule has 5 rings (SSSR count). The Morgan fingerprint density at radius 2 is 1.63 bits per heavy atom. The minimum atomic E-state index is -1.14. The lowest BCUT2D eigenvalue weighted by Crippen LogP contribution is -2.50. The molecule has 2 heterocycles. The lowest BCUT2D eigenvalue weighted by molar-refractivity contribution is -0.142. The molecule has 1 aliphatic rings. The fraction of sp³-hybridized carbons (Fsp3) is 0.172. The summed E-state index contributed by atoms with van der Waals surface area (Å²) in [5.41, 5.74) is 3.05. The number of anilines is 1. The number of rotatable bonds is 7. The zero-order chi connectivity index (χ0) is 26.6. The number of carbonyl (C=O) groups is 3. The summed E-state index contributed by atoms with van der Waals surface area (Å²) in [5.74, 6) is -0.624. The first-order valence-electron chi connectivity index (χ1n) is 12.1. The van der Waals surface area contributed by atoms with Crippen LogP contribution in [0, 0.1) is 0 Å². The van der Waals surface area contributed by atoms with Crippen LogP contribution < -0.4 is 10.1 Å². The molecule has 0 spiro atoms. The Morgan fingerprint density at radius 1 is 0.974 bits per heavy atom. The SMILES string of the molecule is COc1ccc(C(=O)c2nc3c(n2Cc2ccccc2)CN(C(=O)Nc2ccccc2)C(C(=O)O)C3)cc1. The number of hydrogen-bond donors (Lipinski definition) is 2. The van der Waals surface area contributed by atoms with Crippen LogP contribution in [-0.2, 0) is 24.3 Å². The zero-order valence-corrected chi connectivity index (χ0v) is 20.7. The number of ketones is 1. The van der Waals surface area contributed by atoms with Gasteiger partial charge in [0.25, 0.3) is 0 Å². The summed E-state index contributed by atoms with van der Waals surface area (Å²) >= 11 is 0. The van der Waals surface area contributed by atoms with Gasteiger partial charge in [0.15, 0.2) is 5.82 Å². The van der Waals surface area contributed by atoms with Gasteiger partial charge in [0.2, 0.25) is 5.78 Å². The second kappa shape index (κ2) is 10.6. The Kier molecular flexibility index (Phi) is 6.90. The molecule has 0 bridgehead atoms. The molecule has 2 N–H and O–H groups in total. The van der Waals surface area contributed by atoms with Gasteiger partial charge in [0.05, 0.1) is 25.0 Å². The van der Waals surface area contributed by atoms with Crippen molar-refractivity contribution in [3.05, 3.63) is 113 Å². The first-order chi connectivity index (χ1) is 18.4. The van der Waals surface area contributed by atoms with Crippen molar-refractivity contribution in [2.45, 2.75) is 25.6 Å². The average molecular weight is 511 g/mol. The van der Waals surface area contributed by atoms with Crippen molar-refractivity contribution in [1.29, 1.82) is 0 Å². The molecule has 3 aromatic carbocycles. The summed E-state index contributed by atoms with van der Waals surface area (Å²) in [4.78, 5) is 45.0. The minimum absolute atomic E-state index is 0.0132. The first kappa shape index (κ1) is 24.8. The van der Waals surface area contributed by atoms with Crippen LogP contribution in [0.25, 0.3) is 0 Å². The molecule has 192 valence electrons. The van der Waals surface area contributed by atoms with E-state index in [0.29, 0.717) is 34.9 Å². The average Bonchev–Trinajstić information content (AvgIpc) is 3.30. The van der Waals surface area contributed by atoms with Gasteiger partial charge < -0.3 is 24.6 Å². The molecule has 9 heteroatoms. The van der Waals surface area contributed by atoms with Crippen molar-refractivity contribution in [3.8, 4) is 5.75 Å². The first-order valence-corrected chi connectivity index (χ1v) is 12.1. The molecule has 1 aliphatic heterocycles. The fourth-order valence-corrected chi connectivity index (χ4v) is 4.57. The number of ether oxygens (including phenoxy) is 1. The third kappa shape index (κ3) is 4.99. The molecule has 0 saturated heterocycles. The Hall–Kier alpha value is -4.92. The topological polar surface area (TPSA) is 114 Å². The summed E-state index contributed by atoms with van der Waals surface area (Å²) in [6.45, 7) is 0.326. The quantitative estimate of drug-likeness (QED) is 0.360. The van der Waals surface area contributed by atoms with E-state index in [0.717, 1.165) is 5.56 Å². The number of amides is 2. The third-order valence-corrected chi connectivity index (χ3v) is 6.55. The van der Waals surface area contributed by atoms with Crippen LogP contribution in [0.3, 0.4) is 0 Å². The maximum absolute atomic E-state index is 13.6. The molecule has 2 amide bonds. The highest BCUT2D eigenvalue weighted by Gasteiger charge is 2.39. The highest BCUT2D eigenvalue weighted by molar-refractivity contribution is 6.07. The lowest BCUT2D eigenvalue weighted by Gasteiger charge is -2.33. The second-order valence-electron chi connectivity index (χ2n) is 8.94. The van der Waals surface area contributed by atoms with E-state index in [1.165, 1.54) is 4.90 Å². The molecule has 1 atom stereocenters. The zero-order valence-electron chi connectivity index (χ0n) is 20.7. The maximum Gasteiger partial charge on any atom is 0.326 e. The Bertz CT molecular complexity index is 1470. The number of urea groups is 1. The maximum atomic E-state index is 13.6. The van der Waals surface area contributed by atoms with Gasteiger partial charge in [-0.05, 0) is 42.0 Å².